The van der Waals surface area contributed by atoms with Crippen LogP contribution in [0.15, 0.2) is 18.2 Å². The third-order valence-electron chi connectivity index (χ3n) is 2.79. The highest BCUT2D eigenvalue weighted by molar-refractivity contribution is 7.90. The number of benzene rings is 1. The normalized spacial score (nSPS) is 13.1. The molecule has 1 rings (SSSR count). The van der Waals surface area contributed by atoms with Crippen LogP contribution in [0.5, 0.6) is 11.5 Å². The Kier molecular flexibility index (Phi) is 5.59. The number of ether oxygens (including phenoxy) is 2. The number of nitrogens with two attached hydrogens (primary N) is 1. The van der Waals surface area contributed by atoms with Gasteiger partial charge in [-0.1, -0.05) is 0 Å². The Morgan fingerprint density at radius 1 is 1.32 bits per heavy atom. The van der Waals surface area contributed by atoms with Crippen LogP contribution in [0.25, 0.3) is 0 Å². The van der Waals surface area contributed by atoms with E-state index in [0.29, 0.717) is 17.9 Å². The minimum atomic E-state index is -3.04. The number of nitrogens with one attached hydrogen (secondary N) is 1. The highest BCUT2D eigenvalue weighted by atomic mass is 32.2. The second-order valence-electron chi connectivity index (χ2n) is 4.25. The highest BCUT2D eigenvalue weighted by Gasteiger charge is 2.18. The van der Waals surface area contributed by atoms with Crippen molar-refractivity contribution in [1.29, 1.82) is 0 Å². The standard InChI is InChI=1S/C12H20N2O4S/c1-17-9-4-5-12(18-2)10(8-9)11(14-13)6-7-19(3,15)16/h4-5,8,11,14H,6-7,13H2,1-3H3. The summed E-state index contributed by atoms with van der Waals surface area (Å²) in [5, 5.41) is 0. The Morgan fingerprint density at radius 2 is 2.00 bits per heavy atom. The van der Waals surface area contributed by atoms with Crippen molar-refractivity contribution in [2.75, 3.05) is 26.2 Å². The lowest BCUT2D eigenvalue weighted by Gasteiger charge is -2.19. The number of hydrazine groups is 1. The molecular formula is C12H20N2O4S. The lowest BCUT2D eigenvalue weighted by molar-refractivity contribution is 0.388. The molecule has 1 atom stereocenters. The van der Waals surface area contributed by atoms with Crippen LogP contribution >= 0.6 is 0 Å². The molecule has 108 valence electrons. The van der Waals surface area contributed by atoms with Crippen molar-refractivity contribution >= 4 is 9.84 Å². The summed E-state index contributed by atoms with van der Waals surface area (Å²) in [6, 6.07) is 5.00. The van der Waals surface area contributed by atoms with E-state index in [4.69, 9.17) is 15.3 Å². The summed E-state index contributed by atoms with van der Waals surface area (Å²) in [6.07, 6.45) is 1.56. The SMILES string of the molecule is COc1ccc(OC)c(C(CCS(C)(=O)=O)NN)c1. The molecule has 19 heavy (non-hydrogen) atoms. The van der Waals surface area contributed by atoms with Gasteiger partial charge in [-0.3, -0.25) is 11.3 Å². The minimum Gasteiger partial charge on any atom is -0.497 e. The summed E-state index contributed by atoms with van der Waals surface area (Å²) in [4.78, 5) is 0. The molecule has 0 spiro atoms. The summed E-state index contributed by atoms with van der Waals surface area (Å²) < 4.78 is 32.9. The zero-order chi connectivity index (χ0) is 14.5. The Hall–Kier alpha value is -1.31. The molecule has 0 bridgehead atoms. The largest absolute Gasteiger partial charge is 0.497 e. The summed E-state index contributed by atoms with van der Waals surface area (Å²) >= 11 is 0. The second kappa shape index (κ2) is 6.74. The van der Waals surface area contributed by atoms with Crippen LogP contribution in [0, 0.1) is 0 Å². The molecule has 0 aromatic heterocycles. The van der Waals surface area contributed by atoms with Crippen molar-refractivity contribution < 1.29 is 17.9 Å². The van der Waals surface area contributed by atoms with Gasteiger partial charge in [-0.05, 0) is 24.6 Å². The third kappa shape index (κ3) is 4.70. The van der Waals surface area contributed by atoms with Crippen molar-refractivity contribution in [3.63, 3.8) is 0 Å². The molecule has 0 aliphatic carbocycles. The number of rotatable bonds is 7. The summed E-state index contributed by atoms with van der Waals surface area (Å²) in [5.74, 6) is 6.85. The van der Waals surface area contributed by atoms with Crippen LogP contribution in [0.2, 0.25) is 0 Å². The maximum absolute atomic E-state index is 11.2. The van der Waals surface area contributed by atoms with Gasteiger partial charge in [0.05, 0.1) is 26.0 Å². The zero-order valence-electron chi connectivity index (χ0n) is 11.3. The average Bonchev–Trinajstić information content (AvgIpc) is 2.38. The van der Waals surface area contributed by atoms with Gasteiger partial charge in [0.2, 0.25) is 0 Å². The molecule has 1 unspecified atom stereocenters. The predicted molar refractivity (Wildman–Crippen MR) is 73.9 cm³/mol. The fraction of sp³-hybridized carbons (Fsp3) is 0.500. The summed E-state index contributed by atoms with van der Waals surface area (Å²) in [5.41, 5.74) is 3.39. The maximum Gasteiger partial charge on any atom is 0.147 e. The van der Waals surface area contributed by atoms with Crippen LogP contribution in [-0.2, 0) is 9.84 Å². The van der Waals surface area contributed by atoms with Gasteiger partial charge < -0.3 is 9.47 Å². The number of hydrogen-bond acceptors (Lipinski definition) is 6. The molecule has 0 radical (unpaired) electrons. The first kappa shape index (κ1) is 15.7. The molecule has 0 aliphatic heterocycles. The number of hydrogen-bond donors (Lipinski definition) is 2. The van der Waals surface area contributed by atoms with E-state index in [-0.39, 0.29) is 11.8 Å². The third-order valence-corrected chi connectivity index (χ3v) is 3.77. The van der Waals surface area contributed by atoms with Crippen molar-refractivity contribution in [3.8, 4) is 11.5 Å². The molecule has 1 aromatic rings. The van der Waals surface area contributed by atoms with Gasteiger partial charge in [-0.25, -0.2) is 8.42 Å². The van der Waals surface area contributed by atoms with Crippen molar-refractivity contribution in [2.45, 2.75) is 12.5 Å². The van der Waals surface area contributed by atoms with E-state index in [2.05, 4.69) is 5.43 Å². The molecule has 0 aliphatic rings. The molecular weight excluding hydrogens is 268 g/mol. The second-order valence-corrected chi connectivity index (χ2v) is 6.51. The van der Waals surface area contributed by atoms with E-state index < -0.39 is 9.84 Å². The molecule has 0 amide bonds. The van der Waals surface area contributed by atoms with Gasteiger partial charge in [0.1, 0.15) is 21.3 Å². The molecule has 0 saturated heterocycles. The summed E-state index contributed by atoms with van der Waals surface area (Å²) in [7, 11) is 0.0734. The van der Waals surface area contributed by atoms with E-state index >= 15 is 0 Å². The topological polar surface area (TPSA) is 90.6 Å². The first-order chi connectivity index (χ1) is 8.91. The van der Waals surface area contributed by atoms with Crippen LogP contribution in [0.3, 0.4) is 0 Å². The quantitative estimate of drug-likeness (QED) is 0.565. The minimum absolute atomic E-state index is 0.0439. The smallest absolute Gasteiger partial charge is 0.147 e. The number of sulfone groups is 1. The van der Waals surface area contributed by atoms with Gasteiger partial charge in [0, 0.05) is 11.8 Å². The van der Waals surface area contributed by atoms with Crippen molar-refractivity contribution in [3.05, 3.63) is 23.8 Å². The van der Waals surface area contributed by atoms with Crippen molar-refractivity contribution in [1.82, 2.24) is 5.43 Å². The van der Waals surface area contributed by atoms with E-state index in [1.165, 1.54) is 6.26 Å². The van der Waals surface area contributed by atoms with E-state index in [9.17, 15) is 8.42 Å². The fourth-order valence-corrected chi connectivity index (χ4v) is 2.44. The molecule has 6 nitrogen and oxygen atoms in total. The molecule has 0 saturated carbocycles. The average molecular weight is 288 g/mol. The predicted octanol–water partition coefficient (Wildman–Crippen LogP) is 0.643. The zero-order valence-corrected chi connectivity index (χ0v) is 12.2. The van der Waals surface area contributed by atoms with Crippen LogP contribution in [0.1, 0.15) is 18.0 Å². The van der Waals surface area contributed by atoms with Gasteiger partial charge in [0.25, 0.3) is 0 Å². The first-order valence-electron chi connectivity index (χ1n) is 5.77. The van der Waals surface area contributed by atoms with E-state index in [1.54, 1.807) is 32.4 Å². The van der Waals surface area contributed by atoms with Gasteiger partial charge in [-0.2, -0.15) is 0 Å². The lowest BCUT2D eigenvalue weighted by Crippen LogP contribution is -2.30. The van der Waals surface area contributed by atoms with Crippen LogP contribution in [0.4, 0.5) is 0 Å². The summed E-state index contributed by atoms with van der Waals surface area (Å²) in [6.45, 7) is 0. The Balaban J connectivity index is 3.01. The monoisotopic (exact) mass is 288 g/mol. The fourth-order valence-electron chi connectivity index (χ4n) is 1.77. The Morgan fingerprint density at radius 3 is 2.47 bits per heavy atom. The number of methoxy groups -OCH3 is 2. The maximum atomic E-state index is 11.2. The van der Waals surface area contributed by atoms with E-state index in [0.717, 1.165) is 5.56 Å². The van der Waals surface area contributed by atoms with E-state index in [1.807, 2.05) is 0 Å². The highest BCUT2D eigenvalue weighted by Crippen LogP contribution is 2.30. The Bertz CT molecular complexity index is 516. The molecule has 0 heterocycles. The lowest BCUT2D eigenvalue weighted by atomic mass is 10.0. The molecule has 0 fully saturated rings. The Labute approximate surface area is 113 Å². The van der Waals surface area contributed by atoms with Gasteiger partial charge >= 0.3 is 0 Å². The van der Waals surface area contributed by atoms with Crippen molar-refractivity contribution in [2.24, 2.45) is 5.84 Å². The van der Waals surface area contributed by atoms with Gasteiger partial charge in [0.15, 0.2) is 0 Å². The van der Waals surface area contributed by atoms with Crippen LogP contribution < -0.4 is 20.7 Å². The first-order valence-corrected chi connectivity index (χ1v) is 7.83. The van der Waals surface area contributed by atoms with Gasteiger partial charge in [-0.15, -0.1) is 0 Å². The van der Waals surface area contributed by atoms with Crippen LogP contribution in [-0.4, -0.2) is 34.6 Å². The molecule has 7 heteroatoms. The molecule has 3 N–H and O–H groups in total. The molecule has 1 aromatic carbocycles.